The molecule has 0 spiro atoms. The van der Waals surface area contributed by atoms with Gasteiger partial charge in [-0.2, -0.15) is 13.2 Å². The van der Waals surface area contributed by atoms with Gasteiger partial charge in [0.1, 0.15) is 0 Å². The molecule has 2 N–H and O–H groups in total. The average molecular weight is 302 g/mol. The lowest BCUT2D eigenvalue weighted by atomic mass is 10.0. The van der Waals surface area contributed by atoms with Crippen LogP contribution in [0.15, 0.2) is 0 Å². The van der Waals surface area contributed by atoms with Crippen LogP contribution in [0.3, 0.4) is 0 Å². The van der Waals surface area contributed by atoms with Crippen molar-refractivity contribution in [3.8, 4) is 0 Å². The molecular weight excluding hydrogens is 281 g/mol. The van der Waals surface area contributed by atoms with Gasteiger partial charge in [-0.15, -0.1) is 0 Å². The van der Waals surface area contributed by atoms with Crippen molar-refractivity contribution < 1.29 is 21.6 Å². The van der Waals surface area contributed by atoms with Crippen LogP contribution in [0.25, 0.3) is 0 Å². The Bertz CT molecular complexity index is 365. The van der Waals surface area contributed by atoms with E-state index in [1.54, 1.807) is 0 Å². The van der Waals surface area contributed by atoms with Crippen LogP contribution in [0.1, 0.15) is 39.0 Å². The molecule has 1 saturated heterocycles. The summed E-state index contributed by atoms with van der Waals surface area (Å²) >= 11 is 0. The van der Waals surface area contributed by atoms with E-state index < -0.39 is 28.7 Å². The molecule has 1 aliphatic rings. The molecule has 2 unspecified atom stereocenters. The summed E-state index contributed by atoms with van der Waals surface area (Å²) in [5.74, 6) is -0.132. The molecule has 0 amide bonds. The molecule has 8 heteroatoms. The SMILES string of the molecule is CC(CC(F)(F)F)NS(=O)(=O)CCC1CCCCN1. The summed E-state index contributed by atoms with van der Waals surface area (Å²) in [6.07, 6.45) is -1.98. The third-order valence-corrected chi connectivity index (χ3v) is 4.60. The van der Waals surface area contributed by atoms with Crippen molar-refractivity contribution in [3.05, 3.63) is 0 Å². The van der Waals surface area contributed by atoms with Crippen molar-refractivity contribution in [3.63, 3.8) is 0 Å². The van der Waals surface area contributed by atoms with Gasteiger partial charge in [0.15, 0.2) is 0 Å². The molecular formula is C11H21F3N2O2S. The van der Waals surface area contributed by atoms with Gasteiger partial charge in [-0.1, -0.05) is 6.42 Å². The van der Waals surface area contributed by atoms with E-state index in [0.717, 1.165) is 25.8 Å². The molecule has 0 aromatic heterocycles. The topological polar surface area (TPSA) is 58.2 Å². The third-order valence-electron chi connectivity index (χ3n) is 3.07. The summed E-state index contributed by atoms with van der Waals surface area (Å²) in [4.78, 5) is 0. The predicted octanol–water partition coefficient (Wildman–Crippen LogP) is 1.78. The summed E-state index contributed by atoms with van der Waals surface area (Å²) in [5, 5.41) is 3.21. The Morgan fingerprint density at radius 1 is 1.37 bits per heavy atom. The van der Waals surface area contributed by atoms with Crippen molar-refractivity contribution in [2.24, 2.45) is 0 Å². The molecule has 1 aliphatic heterocycles. The van der Waals surface area contributed by atoms with Crippen molar-refractivity contribution in [1.29, 1.82) is 0 Å². The van der Waals surface area contributed by atoms with Crippen molar-refractivity contribution in [2.45, 2.75) is 57.3 Å². The molecule has 19 heavy (non-hydrogen) atoms. The van der Waals surface area contributed by atoms with E-state index in [1.165, 1.54) is 6.92 Å². The summed E-state index contributed by atoms with van der Waals surface area (Å²) in [7, 11) is -3.64. The lowest BCUT2D eigenvalue weighted by Gasteiger charge is -2.23. The lowest BCUT2D eigenvalue weighted by molar-refractivity contribution is -0.137. The molecule has 2 atom stereocenters. The van der Waals surface area contributed by atoms with Gasteiger partial charge in [0, 0.05) is 12.1 Å². The number of rotatable bonds is 6. The van der Waals surface area contributed by atoms with Crippen LogP contribution >= 0.6 is 0 Å². The van der Waals surface area contributed by atoms with Gasteiger partial charge in [-0.3, -0.25) is 0 Å². The fourth-order valence-electron chi connectivity index (χ4n) is 2.22. The number of sulfonamides is 1. The Labute approximate surface area is 112 Å². The smallest absolute Gasteiger partial charge is 0.314 e. The van der Waals surface area contributed by atoms with Crippen LogP contribution in [-0.4, -0.2) is 39.0 Å². The van der Waals surface area contributed by atoms with E-state index in [2.05, 4.69) is 10.0 Å². The second-order valence-electron chi connectivity index (χ2n) is 5.09. The minimum atomic E-state index is -4.35. The van der Waals surface area contributed by atoms with Crippen LogP contribution < -0.4 is 10.0 Å². The second kappa shape index (κ2) is 6.90. The van der Waals surface area contributed by atoms with Crippen LogP contribution in [-0.2, 0) is 10.0 Å². The zero-order valence-electron chi connectivity index (χ0n) is 11.0. The molecule has 0 aromatic rings. The quantitative estimate of drug-likeness (QED) is 0.786. The van der Waals surface area contributed by atoms with E-state index in [-0.39, 0.29) is 11.8 Å². The van der Waals surface area contributed by atoms with Gasteiger partial charge in [0.2, 0.25) is 10.0 Å². The maximum absolute atomic E-state index is 12.1. The standard InChI is InChI=1S/C11H21F3N2O2S/c1-9(8-11(12,13)14)16-19(17,18)7-5-10-4-2-3-6-15-10/h9-10,15-16H,2-8H2,1H3. The van der Waals surface area contributed by atoms with E-state index in [4.69, 9.17) is 0 Å². The first-order valence-electron chi connectivity index (χ1n) is 6.48. The normalized spacial score (nSPS) is 23.3. The largest absolute Gasteiger partial charge is 0.390 e. The van der Waals surface area contributed by atoms with Gasteiger partial charge in [-0.05, 0) is 32.7 Å². The first-order chi connectivity index (χ1) is 8.68. The predicted molar refractivity (Wildman–Crippen MR) is 67.3 cm³/mol. The number of halogens is 3. The molecule has 4 nitrogen and oxygen atoms in total. The number of nitrogens with one attached hydrogen (secondary N) is 2. The van der Waals surface area contributed by atoms with E-state index >= 15 is 0 Å². The molecule has 0 bridgehead atoms. The van der Waals surface area contributed by atoms with Crippen molar-refractivity contribution in [1.82, 2.24) is 10.0 Å². The number of hydrogen-bond donors (Lipinski definition) is 2. The highest BCUT2D eigenvalue weighted by atomic mass is 32.2. The van der Waals surface area contributed by atoms with E-state index in [9.17, 15) is 21.6 Å². The highest BCUT2D eigenvalue weighted by Gasteiger charge is 2.31. The molecule has 1 fully saturated rings. The molecule has 0 aliphatic carbocycles. The molecule has 1 heterocycles. The molecule has 0 radical (unpaired) electrons. The fraction of sp³-hybridized carbons (Fsp3) is 1.00. The molecule has 0 saturated carbocycles. The van der Waals surface area contributed by atoms with Gasteiger partial charge in [-0.25, -0.2) is 13.1 Å². The van der Waals surface area contributed by atoms with E-state index in [1.807, 2.05) is 0 Å². The number of hydrogen-bond acceptors (Lipinski definition) is 3. The summed E-state index contributed by atoms with van der Waals surface area (Å²) in [6.45, 7) is 2.10. The zero-order valence-corrected chi connectivity index (χ0v) is 11.8. The van der Waals surface area contributed by atoms with Crippen LogP contribution in [0.2, 0.25) is 0 Å². The Morgan fingerprint density at radius 2 is 2.05 bits per heavy atom. The Morgan fingerprint density at radius 3 is 2.58 bits per heavy atom. The highest BCUT2D eigenvalue weighted by molar-refractivity contribution is 7.89. The van der Waals surface area contributed by atoms with Gasteiger partial charge in [0.05, 0.1) is 12.2 Å². The monoisotopic (exact) mass is 302 g/mol. The minimum absolute atomic E-state index is 0.132. The van der Waals surface area contributed by atoms with Crippen LogP contribution in [0.4, 0.5) is 13.2 Å². The first kappa shape index (κ1) is 16.7. The van der Waals surface area contributed by atoms with Crippen LogP contribution in [0.5, 0.6) is 0 Å². The minimum Gasteiger partial charge on any atom is -0.314 e. The lowest BCUT2D eigenvalue weighted by Crippen LogP contribution is -2.40. The number of alkyl halides is 3. The Balaban J connectivity index is 2.34. The first-order valence-corrected chi connectivity index (χ1v) is 8.13. The maximum Gasteiger partial charge on any atom is 0.390 e. The number of piperidine rings is 1. The summed E-state index contributed by atoms with van der Waals surface area (Å²) < 4.78 is 61.7. The molecule has 114 valence electrons. The summed E-state index contributed by atoms with van der Waals surface area (Å²) in [6, 6.07) is -0.965. The van der Waals surface area contributed by atoms with Crippen molar-refractivity contribution in [2.75, 3.05) is 12.3 Å². The van der Waals surface area contributed by atoms with Crippen LogP contribution in [0, 0.1) is 0 Å². The highest BCUT2D eigenvalue weighted by Crippen LogP contribution is 2.21. The average Bonchev–Trinajstić information content (AvgIpc) is 2.24. The fourth-order valence-corrected chi connectivity index (χ4v) is 3.63. The summed E-state index contributed by atoms with van der Waals surface area (Å²) in [5.41, 5.74) is 0. The van der Waals surface area contributed by atoms with Crippen molar-refractivity contribution >= 4 is 10.0 Å². The third kappa shape index (κ3) is 7.74. The maximum atomic E-state index is 12.1. The van der Waals surface area contributed by atoms with Gasteiger partial charge in [0.25, 0.3) is 0 Å². The Hall–Kier alpha value is -0.340. The van der Waals surface area contributed by atoms with Gasteiger partial charge < -0.3 is 5.32 Å². The molecule has 1 rings (SSSR count). The second-order valence-corrected chi connectivity index (χ2v) is 6.97. The van der Waals surface area contributed by atoms with E-state index in [0.29, 0.717) is 6.42 Å². The zero-order chi connectivity index (χ0) is 14.5. The van der Waals surface area contributed by atoms with Gasteiger partial charge >= 0.3 is 6.18 Å². The molecule has 0 aromatic carbocycles. The Kier molecular flexibility index (Phi) is 6.07.